The van der Waals surface area contributed by atoms with E-state index in [1.807, 2.05) is 0 Å². The molecule has 3 N–H and O–H groups in total. The van der Waals surface area contributed by atoms with E-state index in [1.54, 1.807) is 0 Å². The molecule has 0 saturated heterocycles. The molecule has 0 amide bonds. The molecule has 0 aliphatic carbocycles. The van der Waals surface area contributed by atoms with Crippen LogP contribution < -0.4 is 5.73 Å². The van der Waals surface area contributed by atoms with Crippen LogP contribution in [-0.2, 0) is 27.9 Å². The molecule has 268 valence electrons. The van der Waals surface area contributed by atoms with Gasteiger partial charge in [-0.25, -0.2) is 4.57 Å². The number of rotatable bonds is 36. The molecule has 8 nitrogen and oxygen atoms in total. The van der Waals surface area contributed by atoms with E-state index in [-0.39, 0.29) is 32.3 Å². The Labute approximate surface area is 277 Å². The van der Waals surface area contributed by atoms with Crippen molar-refractivity contribution in [3.8, 4) is 0 Å². The lowest BCUT2D eigenvalue weighted by molar-refractivity contribution is -0.154. The van der Waals surface area contributed by atoms with Crippen LogP contribution in [0.15, 0.2) is 12.2 Å². The second kappa shape index (κ2) is 34.6. The Kier molecular flexibility index (Phi) is 34.0. The summed E-state index contributed by atoms with van der Waals surface area (Å²) < 4.78 is 33.2. The molecule has 0 aliphatic heterocycles. The average molecular weight is 662 g/mol. The van der Waals surface area contributed by atoms with Crippen molar-refractivity contribution in [2.24, 2.45) is 5.73 Å². The van der Waals surface area contributed by atoms with Crippen LogP contribution in [0.5, 0.6) is 0 Å². The van der Waals surface area contributed by atoms with Crippen molar-refractivity contribution < 1.29 is 32.8 Å². The van der Waals surface area contributed by atoms with Gasteiger partial charge in [-0.2, -0.15) is 0 Å². The maximum atomic E-state index is 12.5. The topological polar surface area (TPSA) is 117 Å². The fourth-order valence-electron chi connectivity index (χ4n) is 5.17. The van der Waals surface area contributed by atoms with Gasteiger partial charge in [-0.05, 0) is 38.5 Å². The molecule has 0 rings (SSSR count). The molecular weight excluding hydrogens is 589 g/mol. The molecule has 0 aliphatic rings. The number of unbranched alkanes of at least 4 members (excludes halogenated alkanes) is 21. The first-order valence-electron chi connectivity index (χ1n) is 18.7. The highest BCUT2D eigenvalue weighted by atomic mass is 31.2. The lowest BCUT2D eigenvalue weighted by Crippen LogP contribution is -2.28. The predicted octanol–water partition coefficient (Wildman–Crippen LogP) is 10.4. The van der Waals surface area contributed by atoms with Crippen LogP contribution in [0.4, 0.5) is 0 Å². The van der Waals surface area contributed by atoms with Crippen LogP contribution in [0, 0.1) is 0 Å². The van der Waals surface area contributed by atoms with Crippen LogP contribution in [0.25, 0.3) is 0 Å². The number of esters is 1. The van der Waals surface area contributed by atoms with Crippen molar-refractivity contribution in [2.75, 3.05) is 33.0 Å². The molecule has 2 unspecified atom stereocenters. The summed E-state index contributed by atoms with van der Waals surface area (Å²) in [5.74, 6) is -0.338. The van der Waals surface area contributed by atoms with Gasteiger partial charge in [0.2, 0.25) is 0 Å². The number of ether oxygens (including phenoxy) is 2. The van der Waals surface area contributed by atoms with Crippen molar-refractivity contribution in [3.63, 3.8) is 0 Å². The number of phosphoric acid groups is 1. The minimum Gasteiger partial charge on any atom is -0.457 e. The number of carbonyl (C=O) groups excluding carboxylic acids is 1. The fourth-order valence-corrected chi connectivity index (χ4v) is 5.93. The van der Waals surface area contributed by atoms with Crippen molar-refractivity contribution in [1.29, 1.82) is 0 Å². The Morgan fingerprint density at radius 2 is 1.11 bits per heavy atom. The minimum atomic E-state index is -4.26. The predicted molar refractivity (Wildman–Crippen MR) is 187 cm³/mol. The molecular formula is C36H72NO7P. The molecule has 9 heteroatoms. The van der Waals surface area contributed by atoms with Gasteiger partial charge in [-0.1, -0.05) is 142 Å². The molecule has 0 aromatic rings. The average Bonchev–Trinajstić information content (AvgIpc) is 3.02. The quantitative estimate of drug-likeness (QED) is 0.0295. The number of carbonyl (C=O) groups is 1. The molecule has 45 heavy (non-hydrogen) atoms. The first kappa shape index (κ1) is 44.2. The highest BCUT2D eigenvalue weighted by Crippen LogP contribution is 2.43. The smallest absolute Gasteiger partial charge is 0.457 e. The summed E-state index contributed by atoms with van der Waals surface area (Å²) in [5, 5.41) is 0. The Morgan fingerprint density at radius 1 is 0.644 bits per heavy atom. The van der Waals surface area contributed by atoms with E-state index >= 15 is 0 Å². The summed E-state index contributed by atoms with van der Waals surface area (Å²) >= 11 is 0. The van der Waals surface area contributed by atoms with Crippen LogP contribution in [0.2, 0.25) is 0 Å². The summed E-state index contributed by atoms with van der Waals surface area (Å²) in [5.41, 5.74) is 5.34. The lowest BCUT2D eigenvalue weighted by Gasteiger charge is -2.20. The maximum absolute atomic E-state index is 12.5. The second-order valence-corrected chi connectivity index (χ2v) is 13.9. The monoisotopic (exact) mass is 662 g/mol. The molecule has 0 aromatic heterocycles. The zero-order valence-corrected chi connectivity index (χ0v) is 30.3. The van der Waals surface area contributed by atoms with E-state index in [0.717, 1.165) is 44.9 Å². The molecule has 0 spiro atoms. The van der Waals surface area contributed by atoms with Crippen LogP contribution in [0.3, 0.4) is 0 Å². The maximum Gasteiger partial charge on any atom is 0.472 e. The Bertz CT molecular complexity index is 707. The van der Waals surface area contributed by atoms with E-state index in [0.29, 0.717) is 13.0 Å². The largest absolute Gasteiger partial charge is 0.472 e. The van der Waals surface area contributed by atoms with E-state index in [2.05, 4.69) is 26.0 Å². The fraction of sp³-hybridized carbons (Fsp3) is 0.917. The first-order chi connectivity index (χ1) is 21.9. The number of phosphoric ester groups is 1. The van der Waals surface area contributed by atoms with Crippen LogP contribution in [0.1, 0.15) is 174 Å². The lowest BCUT2D eigenvalue weighted by atomic mass is 10.1. The third kappa shape index (κ3) is 34.4. The van der Waals surface area contributed by atoms with Gasteiger partial charge in [-0.3, -0.25) is 13.8 Å². The molecule has 0 aromatic carbocycles. The van der Waals surface area contributed by atoms with E-state index in [9.17, 15) is 14.3 Å². The van der Waals surface area contributed by atoms with Crippen molar-refractivity contribution in [3.05, 3.63) is 12.2 Å². The molecule has 0 fully saturated rings. The zero-order chi connectivity index (χ0) is 33.1. The van der Waals surface area contributed by atoms with Gasteiger partial charge in [0.25, 0.3) is 0 Å². The third-order valence-electron chi connectivity index (χ3n) is 7.93. The third-order valence-corrected chi connectivity index (χ3v) is 8.92. The summed E-state index contributed by atoms with van der Waals surface area (Å²) in [6.07, 6.45) is 33.6. The molecule has 2 atom stereocenters. The minimum absolute atomic E-state index is 0.0942. The molecule has 0 bridgehead atoms. The van der Waals surface area contributed by atoms with Gasteiger partial charge in [-0.15, -0.1) is 0 Å². The number of nitrogens with two attached hydrogens (primary N) is 1. The number of hydrogen-bond donors (Lipinski definition) is 2. The first-order valence-corrected chi connectivity index (χ1v) is 20.2. The van der Waals surface area contributed by atoms with E-state index in [1.165, 1.54) is 109 Å². The van der Waals surface area contributed by atoms with Crippen LogP contribution >= 0.6 is 7.82 Å². The van der Waals surface area contributed by atoms with Gasteiger partial charge in [0.1, 0.15) is 6.10 Å². The SMILES string of the molecule is CCCCCCCC/C=C\CCCCCCCC(=O)OC(COCCCCCCCCCCCCC)COP(=O)(O)OCCN. The van der Waals surface area contributed by atoms with Gasteiger partial charge in [0.05, 0.1) is 19.8 Å². The number of allylic oxidation sites excluding steroid dienone is 2. The van der Waals surface area contributed by atoms with Crippen molar-refractivity contribution in [2.45, 2.75) is 180 Å². The van der Waals surface area contributed by atoms with Crippen LogP contribution in [-0.4, -0.2) is 49.9 Å². The van der Waals surface area contributed by atoms with E-state index in [4.69, 9.17) is 24.3 Å². The van der Waals surface area contributed by atoms with Gasteiger partial charge in [0.15, 0.2) is 0 Å². The summed E-state index contributed by atoms with van der Waals surface area (Å²) in [6, 6.07) is 0. The highest BCUT2D eigenvalue weighted by Gasteiger charge is 2.25. The Hall–Kier alpha value is -0.760. The van der Waals surface area contributed by atoms with Crippen molar-refractivity contribution >= 4 is 13.8 Å². The van der Waals surface area contributed by atoms with Gasteiger partial charge >= 0.3 is 13.8 Å². The molecule has 0 heterocycles. The number of hydrogen-bond acceptors (Lipinski definition) is 7. The normalized spacial score (nSPS) is 13.8. The Morgan fingerprint density at radius 3 is 1.62 bits per heavy atom. The second-order valence-electron chi connectivity index (χ2n) is 12.4. The summed E-state index contributed by atoms with van der Waals surface area (Å²) in [4.78, 5) is 22.3. The standard InChI is InChI=1S/C36H72NO7P/c1-3-5-7-9-11-13-15-16-17-18-19-21-23-25-27-29-36(38)44-35(34-43-45(39,40)42-32-30-37)33-41-31-28-26-24-22-20-14-12-10-8-6-4-2/h16-17,35H,3-15,18-34,37H2,1-2H3,(H,39,40)/b17-16-. The zero-order valence-electron chi connectivity index (χ0n) is 29.4. The molecule has 0 saturated carbocycles. The van der Waals surface area contributed by atoms with Crippen molar-refractivity contribution in [1.82, 2.24) is 0 Å². The highest BCUT2D eigenvalue weighted by molar-refractivity contribution is 7.47. The van der Waals surface area contributed by atoms with E-state index < -0.39 is 13.9 Å². The molecule has 0 radical (unpaired) electrons. The summed E-state index contributed by atoms with van der Waals surface area (Å²) in [7, 11) is -4.26. The summed E-state index contributed by atoms with van der Waals surface area (Å²) in [6.45, 7) is 4.91. The van der Waals surface area contributed by atoms with Gasteiger partial charge < -0.3 is 20.1 Å². The van der Waals surface area contributed by atoms with Gasteiger partial charge in [0, 0.05) is 19.6 Å². The Balaban J connectivity index is 4.09.